The highest BCUT2D eigenvalue weighted by Gasteiger charge is 2.65. The lowest BCUT2D eigenvalue weighted by Crippen LogP contribution is -2.49. The van der Waals surface area contributed by atoms with Crippen molar-refractivity contribution in [2.75, 3.05) is 19.1 Å². The number of carbonyl (C=O) groups excluding carboxylic acids is 2. The van der Waals surface area contributed by atoms with Gasteiger partial charge in [0.1, 0.15) is 11.4 Å². The van der Waals surface area contributed by atoms with Crippen molar-refractivity contribution < 1.29 is 24.2 Å². The van der Waals surface area contributed by atoms with Crippen molar-refractivity contribution in [1.29, 1.82) is 0 Å². The fourth-order valence-electron chi connectivity index (χ4n) is 8.50. The molecule has 2 fully saturated rings. The smallest absolute Gasteiger partial charge is 0.347 e. The summed E-state index contributed by atoms with van der Waals surface area (Å²) in [5.74, 6) is -1.61. The molecule has 52 heavy (non-hydrogen) atoms. The number of phenolic OH excluding ortho intramolecular Hbond substituents is 1. The first-order chi connectivity index (χ1) is 25.0. The minimum atomic E-state index is -1.29. The summed E-state index contributed by atoms with van der Waals surface area (Å²) in [6.07, 6.45) is 1.91. The number of anilines is 1. The third kappa shape index (κ3) is 4.55. The summed E-state index contributed by atoms with van der Waals surface area (Å²) >= 11 is 0. The molecule has 1 saturated heterocycles. The molecule has 3 aliphatic rings. The molecule has 14 nitrogen and oxygen atoms in total. The van der Waals surface area contributed by atoms with Gasteiger partial charge in [-0.1, -0.05) is 42.5 Å². The second kappa shape index (κ2) is 12.0. The lowest BCUT2D eigenvalue weighted by molar-refractivity contribution is -0.129. The van der Waals surface area contributed by atoms with Crippen molar-refractivity contribution in [1.82, 2.24) is 23.5 Å². The van der Waals surface area contributed by atoms with Crippen molar-refractivity contribution in [3.8, 4) is 17.2 Å². The maximum Gasteiger partial charge on any atom is 0.347 e. The summed E-state index contributed by atoms with van der Waals surface area (Å²) in [7, 11) is 4.61. The van der Waals surface area contributed by atoms with Gasteiger partial charge in [-0.25, -0.2) is 33.4 Å². The van der Waals surface area contributed by atoms with Crippen LogP contribution in [0, 0.1) is 11.3 Å². The molecule has 1 aliphatic carbocycles. The average molecular weight is 705 g/mol. The molecule has 5 aromatic rings. The number of nitrogens with zero attached hydrogens (tertiary/aromatic N) is 6. The van der Waals surface area contributed by atoms with Crippen molar-refractivity contribution in [3.63, 3.8) is 0 Å². The quantitative estimate of drug-likeness (QED) is 0.199. The second-order valence-corrected chi connectivity index (χ2v) is 13.6. The van der Waals surface area contributed by atoms with Crippen LogP contribution >= 0.6 is 0 Å². The Kier molecular flexibility index (Phi) is 7.59. The summed E-state index contributed by atoms with van der Waals surface area (Å²) in [4.78, 5) is 76.0. The van der Waals surface area contributed by atoms with Gasteiger partial charge >= 0.3 is 11.4 Å². The van der Waals surface area contributed by atoms with E-state index < -0.39 is 46.5 Å². The molecule has 0 bridgehead atoms. The molecule has 3 aromatic carbocycles. The third-order valence-electron chi connectivity index (χ3n) is 11.1. The number of fused-ring (bicyclic) bond motifs is 5. The first kappa shape index (κ1) is 33.0. The Bertz CT molecular complexity index is 2530. The Balaban J connectivity index is 1.20. The van der Waals surface area contributed by atoms with Gasteiger partial charge in [-0.15, -0.1) is 0 Å². The fraction of sp³-hybridized carbons (Fsp3) is 0.316. The molecule has 8 rings (SSSR count). The highest BCUT2D eigenvalue weighted by molar-refractivity contribution is 6.24. The molecule has 0 radical (unpaired) electrons. The van der Waals surface area contributed by atoms with E-state index in [9.17, 15) is 29.1 Å². The Labute approximate surface area is 296 Å². The molecule has 4 atom stereocenters. The molecule has 2 amide bonds. The number of allylic oxidation sites excluding steroid dienone is 2. The van der Waals surface area contributed by atoms with Gasteiger partial charge in [0, 0.05) is 43.6 Å². The molecule has 1 N–H and O–H groups in total. The van der Waals surface area contributed by atoms with Crippen molar-refractivity contribution in [2.24, 2.45) is 18.4 Å². The standard InChI is InChI=1S/C38H36N6O8/c1-38-24(33(46)43(35(38)48)21-10-6-5-7-11-21)18-27-22(32(38)23-12-8-9-13-29(23)45)14-17-42-36(49)41(37(50)44(27)42)16-15-25-34(47)40(2)28-20-31(52-4)30(51-3)19-26(28)39-25/h5-14,19-20,24,27,32,45H,15-18H2,1-4H3/t24-,27+,32+,38+/m0/s1. The maximum atomic E-state index is 14.5. The number of aromatic nitrogens is 5. The van der Waals surface area contributed by atoms with E-state index in [-0.39, 0.29) is 42.9 Å². The van der Waals surface area contributed by atoms with E-state index in [0.29, 0.717) is 39.4 Å². The van der Waals surface area contributed by atoms with Gasteiger partial charge in [0.25, 0.3) is 5.56 Å². The van der Waals surface area contributed by atoms with E-state index >= 15 is 0 Å². The predicted octanol–water partition coefficient (Wildman–Crippen LogP) is 2.89. The van der Waals surface area contributed by atoms with Crippen molar-refractivity contribution in [2.45, 2.75) is 44.8 Å². The molecule has 1 saturated carbocycles. The zero-order chi connectivity index (χ0) is 36.6. The number of imide groups is 1. The molecular formula is C38H36N6O8. The number of benzene rings is 3. The summed E-state index contributed by atoms with van der Waals surface area (Å²) in [5, 5.41) is 11.2. The minimum Gasteiger partial charge on any atom is -0.508 e. The lowest BCUT2D eigenvalue weighted by Gasteiger charge is -2.47. The first-order valence-electron chi connectivity index (χ1n) is 17.0. The van der Waals surface area contributed by atoms with Gasteiger partial charge in [0.15, 0.2) is 11.5 Å². The van der Waals surface area contributed by atoms with Crippen LogP contribution in [-0.4, -0.2) is 54.6 Å². The molecule has 14 heteroatoms. The zero-order valence-electron chi connectivity index (χ0n) is 29.0. The molecule has 0 spiro atoms. The van der Waals surface area contributed by atoms with Crippen LogP contribution in [0.25, 0.3) is 11.0 Å². The monoisotopic (exact) mass is 704 g/mol. The summed E-state index contributed by atoms with van der Waals surface area (Å²) < 4.78 is 16.0. The third-order valence-corrected chi connectivity index (χ3v) is 11.1. The number of carbonyl (C=O) groups is 2. The van der Waals surface area contributed by atoms with Crippen LogP contribution in [-0.2, 0) is 36.1 Å². The molecule has 266 valence electrons. The average Bonchev–Trinajstić information content (AvgIpc) is 3.51. The maximum absolute atomic E-state index is 14.5. The van der Waals surface area contributed by atoms with Crippen molar-refractivity contribution in [3.05, 3.63) is 121 Å². The number of amides is 2. The van der Waals surface area contributed by atoms with Crippen molar-refractivity contribution >= 4 is 28.5 Å². The van der Waals surface area contributed by atoms with E-state index in [1.54, 1.807) is 74.6 Å². The molecule has 2 aromatic heterocycles. The second-order valence-electron chi connectivity index (χ2n) is 13.6. The number of para-hydroxylation sites is 2. The van der Waals surface area contributed by atoms with Gasteiger partial charge < -0.3 is 19.1 Å². The van der Waals surface area contributed by atoms with E-state index in [1.165, 1.54) is 39.1 Å². The van der Waals surface area contributed by atoms with Crippen LogP contribution in [0.15, 0.2) is 92.8 Å². The number of methoxy groups -OCH3 is 2. The Hall–Kier alpha value is -6.18. The predicted molar refractivity (Wildman–Crippen MR) is 190 cm³/mol. The molecular weight excluding hydrogens is 668 g/mol. The number of hydrogen-bond donors (Lipinski definition) is 1. The summed E-state index contributed by atoms with van der Waals surface area (Å²) in [5.41, 5.74) is -0.138. The van der Waals surface area contributed by atoms with Crippen LogP contribution in [0.2, 0.25) is 0 Å². The number of aromatic hydroxyl groups is 1. The number of hydrogen-bond acceptors (Lipinski definition) is 9. The summed E-state index contributed by atoms with van der Waals surface area (Å²) in [6, 6.07) is 18.0. The van der Waals surface area contributed by atoms with Gasteiger partial charge in [-0.2, -0.15) is 0 Å². The van der Waals surface area contributed by atoms with E-state index in [2.05, 4.69) is 4.98 Å². The van der Waals surface area contributed by atoms with Crippen LogP contribution in [0.3, 0.4) is 0 Å². The minimum absolute atomic E-state index is 0.0126. The largest absolute Gasteiger partial charge is 0.508 e. The Morgan fingerprint density at radius 3 is 2.33 bits per heavy atom. The molecule has 4 heterocycles. The SMILES string of the molecule is COc1cc2nc(CCn3c(=O)n4n(c3=O)[C@@H]3C[C@H]5C(=O)N(c6ccccc6)C(=O)[C@@]5(C)[C@@H](c5ccccc5O)C3=CC4)c(=O)n(C)c2cc1OC. The van der Waals surface area contributed by atoms with Crippen LogP contribution < -0.4 is 31.3 Å². The van der Waals surface area contributed by atoms with Crippen LogP contribution in [0.1, 0.15) is 36.6 Å². The topological polar surface area (TPSA) is 160 Å². The molecule has 0 unspecified atom stereocenters. The Morgan fingerprint density at radius 1 is 0.923 bits per heavy atom. The van der Waals surface area contributed by atoms with Gasteiger partial charge in [-0.05, 0) is 37.1 Å². The lowest BCUT2D eigenvalue weighted by atomic mass is 9.56. The number of rotatable bonds is 7. The van der Waals surface area contributed by atoms with Gasteiger partial charge in [0.05, 0.1) is 54.9 Å². The highest BCUT2D eigenvalue weighted by Crippen LogP contribution is 2.62. The normalized spacial score (nSPS) is 22.2. The van der Waals surface area contributed by atoms with Gasteiger partial charge in [-0.3, -0.25) is 14.4 Å². The van der Waals surface area contributed by atoms with Gasteiger partial charge in [0.2, 0.25) is 11.8 Å². The Morgan fingerprint density at radius 2 is 1.62 bits per heavy atom. The first-order valence-corrected chi connectivity index (χ1v) is 17.0. The summed E-state index contributed by atoms with van der Waals surface area (Å²) in [6.45, 7) is 1.66. The van der Waals surface area contributed by atoms with E-state index in [4.69, 9.17) is 9.47 Å². The van der Waals surface area contributed by atoms with E-state index in [0.717, 1.165) is 4.57 Å². The number of aryl methyl sites for hydroxylation is 2. The zero-order valence-corrected chi connectivity index (χ0v) is 29.0. The number of phenols is 1. The fourth-order valence-corrected chi connectivity index (χ4v) is 8.50. The van der Waals surface area contributed by atoms with Crippen LogP contribution in [0.5, 0.6) is 17.2 Å². The molecule has 2 aliphatic heterocycles. The van der Waals surface area contributed by atoms with E-state index in [1.807, 2.05) is 6.08 Å². The number of ether oxygens (including phenoxy) is 2. The van der Waals surface area contributed by atoms with Crippen LogP contribution in [0.4, 0.5) is 5.69 Å². The highest BCUT2D eigenvalue weighted by atomic mass is 16.5.